The SMILES string of the molecule is Cn1c(=N)n([C@@H]2O[C@H](C(=O)O)[C@@H](O)[C@H](O)[C@H]2O)c2ncc(-c3ccccc3)cc21. The molecule has 152 valence electrons. The standard InChI is InChI=1S/C19H20N4O6/c1-22-11-7-10(9-5-3-2-4-6-9)8-21-16(11)23(19(22)20)17-14(26)12(24)13(25)15(29-17)18(27)28/h2-8,12-15,17,20,24-26H,1H3,(H,27,28)/t12-,13-,14+,15-,17+/m0/s1. The lowest BCUT2D eigenvalue weighted by Gasteiger charge is -2.39. The van der Waals surface area contributed by atoms with Crippen LogP contribution in [0.1, 0.15) is 6.23 Å². The minimum absolute atomic E-state index is 0.116. The quantitative estimate of drug-likeness (QED) is 0.400. The maximum absolute atomic E-state index is 11.4. The van der Waals surface area contributed by atoms with Crippen LogP contribution in [-0.2, 0) is 16.6 Å². The van der Waals surface area contributed by atoms with Crippen LogP contribution in [0.25, 0.3) is 22.3 Å². The second-order valence-corrected chi connectivity index (χ2v) is 6.94. The average molecular weight is 400 g/mol. The number of ether oxygens (including phenoxy) is 1. The van der Waals surface area contributed by atoms with Crippen molar-refractivity contribution in [3.05, 3.63) is 48.2 Å². The van der Waals surface area contributed by atoms with Gasteiger partial charge in [0.2, 0.25) is 5.62 Å². The van der Waals surface area contributed by atoms with Crippen LogP contribution in [0.2, 0.25) is 0 Å². The Morgan fingerprint density at radius 3 is 2.45 bits per heavy atom. The summed E-state index contributed by atoms with van der Waals surface area (Å²) in [5.74, 6) is -1.49. The molecule has 5 N–H and O–H groups in total. The van der Waals surface area contributed by atoms with Crippen LogP contribution in [0.4, 0.5) is 0 Å². The zero-order chi connectivity index (χ0) is 20.9. The van der Waals surface area contributed by atoms with Gasteiger partial charge in [0.25, 0.3) is 0 Å². The van der Waals surface area contributed by atoms with Crippen molar-refractivity contribution in [1.29, 1.82) is 5.41 Å². The highest BCUT2D eigenvalue weighted by Gasteiger charge is 2.48. The number of aliphatic carboxylic acids is 1. The van der Waals surface area contributed by atoms with Gasteiger partial charge < -0.3 is 29.7 Å². The lowest BCUT2D eigenvalue weighted by atomic mass is 9.98. The maximum atomic E-state index is 11.4. The highest BCUT2D eigenvalue weighted by atomic mass is 16.6. The second-order valence-electron chi connectivity index (χ2n) is 6.94. The molecule has 1 aliphatic rings. The molecule has 10 nitrogen and oxygen atoms in total. The number of aliphatic hydroxyl groups excluding tert-OH is 3. The number of fused-ring (bicyclic) bond motifs is 1. The molecule has 10 heteroatoms. The zero-order valence-electron chi connectivity index (χ0n) is 15.4. The Bertz CT molecular complexity index is 1120. The van der Waals surface area contributed by atoms with Gasteiger partial charge in [-0.3, -0.25) is 9.98 Å². The monoisotopic (exact) mass is 400 g/mol. The van der Waals surface area contributed by atoms with Crippen LogP contribution in [0.5, 0.6) is 0 Å². The van der Waals surface area contributed by atoms with Gasteiger partial charge in [-0.25, -0.2) is 9.78 Å². The van der Waals surface area contributed by atoms with Crippen LogP contribution in [0.15, 0.2) is 42.6 Å². The number of carbonyl (C=O) groups is 1. The molecule has 3 heterocycles. The van der Waals surface area contributed by atoms with Crippen LogP contribution < -0.4 is 5.62 Å². The maximum Gasteiger partial charge on any atom is 0.335 e. The van der Waals surface area contributed by atoms with Gasteiger partial charge in [-0.1, -0.05) is 30.3 Å². The molecule has 4 rings (SSSR count). The number of aryl methyl sites for hydroxylation is 1. The van der Waals surface area contributed by atoms with Crippen LogP contribution in [-0.4, -0.2) is 64.9 Å². The van der Waals surface area contributed by atoms with Gasteiger partial charge >= 0.3 is 5.97 Å². The summed E-state index contributed by atoms with van der Waals surface area (Å²) in [5.41, 5.74) is 2.46. The molecule has 0 bridgehead atoms. The summed E-state index contributed by atoms with van der Waals surface area (Å²) in [7, 11) is 1.63. The number of aromatic nitrogens is 3. The third-order valence-electron chi connectivity index (χ3n) is 5.18. The molecule has 0 amide bonds. The van der Waals surface area contributed by atoms with E-state index in [4.69, 9.17) is 10.1 Å². The van der Waals surface area contributed by atoms with E-state index < -0.39 is 36.6 Å². The number of benzene rings is 1. The number of rotatable bonds is 3. The van der Waals surface area contributed by atoms with E-state index in [2.05, 4.69) is 4.98 Å². The van der Waals surface area contributed by atoms with Crippen LogP contribution in [0, 0.1) is 5.41 Å². The largest absolute Gasteiger partial charge is 0.479 e. The highest BCUT2D eigenvalue weighted by molar-refractivity contribution is 5.79. The topological polar surface area (TPSA) is 154 Å². The van der Waals surface area contributed by atoms with Crippen molar-refractivity contribution in [2.75, 3.05) is 0 Å². The number of carboxylic acids is 1. The normalized spacial score (nSPS) is 27.2. The molecular formula is C19H20N4O6. The predicted octanol–water partition coefficient (Wildman–Crippen LogP) is -0.414. The summed E-state index contributed by atoms with van der Waals surface area (Å²) >= 11 is 0. The third-order valence-corrected chi connectivity index (χ3v) is 5.18. The lowest BCUT2D eigenvalue weighted by molar-refractivity contribution is -0.246. The first kappa shape index (κ1) is 19.3. The first-order chi connectivity index (χ1) is 13.8. The Balaban J connectivity index is 1.85. The number of hydrogen-bond donors (Lipinski definition) is 5. The Kier molecular flexibility index (Phi) is 4.71. The van der Waals surface area contributed by atoms with Crippen molar-refractivity contribution in [3.63, 3.8) is 0 Å². The molecule has 0 unspecified atom stereocenters. The third kappa shape index (κ3) is 3.02. The average Bonchev–Trinajstić information content (AvgIpc) is 2.97. The van der Waals surface area contributed by atoms with E-state index in [9.17, 15) is 25.2 Å². The minimum Gasteiger partial charge on any atom is -0.479 e. The fraction of sp³-hybridized carbons (Fsp3) is 0.316. The number of carboxylic acid groups (broad SMARTS) is 1. The summed E-state index contributed by atoms with van der Waals surface area (Å²) in [6.07, 6.45) is -6.80. The first-order valence-electron chi connectivity index (χ1n) is 8.90. The summed E-state index contributed by atoms with van der Waals surface area (Å²) in [4.78, 5) is 15.8. The van der Waals surface area contributed by atoms with E-state index in [1.165, 1.54) is 9.13 Å². The van der Waals surface area contributed by atoms with Gasteiger partial charge in [0, 0.05) is 18.8 Å². The van der Waals surface area contributed by atoms with Gasteiger partial charge in [0.15, 0.2) is 18.0 Å². The Labute approximate surface area is 164 Å². The van der Waals surface area contributed by atoms with Gasteiger partial charge in [-0.05, 0) is 11.6 Å². The number of nitrogens with one attached hydrogen (secondary N) is 1. The van der Waals surface area contributed by atoms with E-state index in [0.717, 1.165) is 11.1 Å². The minimum atomic E-state index is -1.80. The van der Waals surface area contributed by atoms with Crippen molar-refractivity contribution in [2.45, 2.75) is 30.6 Å². The molecule has 2 aromatic heterocycles. The fourth-order valence-electron chi connectivity index (χ4n) is 3.56. The summed E-state index contributed by atoms with van der Waals surface area (Å²) in [5, 5.41) is 48.1. The summed E-state index contributed by atoms with van der Waals surface area (Å²) in [6.45, 7) is 0. The molecule has 5 atom stereocenters. The highest BCUT2D eigenvalue weighted by Crippen LogP contribution is 2.30. The molecule has 1 saturated heterocycles. The molecule has 0 spiro atoms. The van der Waals surface area contributed by atoms with Gasteiger partial charge in [-0.15, -0.1) is 0 Å². The Morgan fingerprint density at radius 1 is 1.10 bits per heavy atom. The predicted molar refractivity (Wildman–Crippen MR) is 99.6 cm³/mol. The molecular weight excluding hydrogens is 380 g/mol. The molecule has 1 aromatic carbocycles. The fourth-order valence-corrected chi connectivity index (χ4v) is 3.56. The summed E-state index contributed by atoms with van der Waals surface area (Å²) in [6, 6.07) is 11.3. The number of hydrogen-bond acceptors (Lipinski definition) is 7. The number of nitrogens with zero attached hydrogens (tertiary/aromatic N) is 3. The zero-order valence-corrected chi connectivity index (χ0v) is 15.4. The molecule has 0 aliphatic carbocycles. The molecule has 0 radical (unpaired) electrons. The van der Waals surface area contributed by atoms with E-state index in [0.29, 0.717) is 5.52 Å². The van der Waals surface area contributed by atoms with E-state index in [1.807, 2.05) is 36.4 Å². The van der Waals surface area contributed by atoms with Crippen molar-refractivity contribution in [3.8, 4) is 11.1 Å². The van der Waals surface area contributed by atoms with E-state index in [-0.39, 0.29) is 11.3 Å². The Morgan fingerprint density at radius 2 is 1.79 bits per heavy atom. The molecule has 1 fully saturated rings. The Hall–Kier alpha value is -3.05. The smallest absolute Gasteiger partial charge is 0.335 e. The first-order valence-corrected chi connectivity index (χ1v) is 8.90. The van der Waals surface area contributed by atoms with Crippen molar-refractivity contribution < 1.29 is 30.0 Å². The molecule has 29 heavy (non-hydrogen) atoms. The van der Waals surface area contributed by atoms with Crippen molar-refractivity contribution in [2.24, 2.45) is 7.05 Å². The summed E-state index contributed by atoms with van der Waals surface area (Å²) < 4.78 is 8.10. The van der Waals surface area contributed by atoms with Crippen molar-refractivity contribution in [1.82, 2.24) is 14.1 Å². The molecule has 1 aliphatic heterocycles. The molecule has 3 aromatic rings. The van der Waals surface area contributed by atoms with Crippen molar-refractivity contribution >= 4 is 17.1 Å². The molecule has 0 saturated carbocycles. The van der Waals surface area contributed by atoms with E-state index >= 15 is 0 Å². The van der Waals surface area contributed by atoms with Gasteiger partial charge in [0.1, 0.15) is 18.3 Å². The second kappa shape index (κ2) is 7.08. The number of pyridine rings is 1. The van der Waals surface area contributed by atoms with E-state index in [1.54, 1.807) is 13.2 Å². The van der Waals surface area contributed by atoms with Gasteiger partial charge in [-0.2, -0.15) is 0 Å². The lowest BCUT2D eigenvalue weighted by Crippen LogP contribution is -2.58. The number of aliphatic hydroxyl groups is 3. The van der Waals surface area contributed by atoms with Crippen LogP contribution >= 0.6 is 0 Å². The number of imidazole rings is 1. The van der Waals surface area contributed by atoms with Gasteiger partial charge in [0.05, 0.1) is 5.52 Å². The van der Waals surface area contributed by atoms with Crippen LogP contribution in [0.3, 0.4) is 0 Å².